The van der Waals surface area contributed by atoms with Crippen LogP contribution in [0.15, 0.2) is 0 Å². The summed E-state index contributed by atoms with van der Waals surface area (Å²) in [5.74, 6) is 0. The predicted octanol–water partition coefficient (Wildman–Crippen LogP) is 2.27. The number of hydrogen-bond acceptors (Lipinski definition) is 3. The summed E-state index contributed by atoms with van der Waals surface area (Å²) in [5.41, 5.74) is 0.355. The average molecular weight is 242 g/mol. The summed E-state index contributed by atoms with van der Waals surface area (Å²) in [6.07, 6.45) is 4.88. The molecule has 0 saturated carbocycles. The van der Waals surface area contributed by atoms with Gasteiger partial charge >= 0.3 is 0 Å². The monoisotopic (exact) mass is 242 g/mol. The minimum Gasteiger partial charge on any atom is -0.385 e. The standard InChI is InChI=1S/C14H30N2O/c1-5-14(6-2)12-16(13(3)11-15-14)9-7-8-10-17-4/h13,15H,5-12H2,1-4H3. The van der Waals surface area contributed by atoms with E-state index in [1.807, 2.05) is 0 Å². The van der Waals surface area contributed by atoms with Crippen molar-refractivity contribution in [1.29, 1.82) is 0 Å². The van der Waals surface area contributed by atoms with Gasteiger partial charge in [-0.05, 0) is 39.2 Å². The van der Waals surface area contributed by atoms with Gasteiger partial charge in [-0.1, -0.05) is 13.8 Å². The van der Waals surface area contributed by atoms with E-state index in [9.17, 15) is 0 Å². The zero-order valence-electron chi connectivity index (χ0n) is 12.1. The number of methoxy groups -OCH3 is 1. The van der Waals surface area contributed by atoms with Crippen LogP contribution in [0.1, 0.15) is 46.5 Å². The third-order valence-electron chi connectivity index (χ3n) is 4.30. The molecule has 1 aliphatic heterocycles. The highest BCUT2D eigenvalue weighted by Gasteiger charge is 2.34. The zero-order valence-corrected chi connectivity index (χ0v) is 12.1. The lowest BCUT2D eigenvalue weighted by Gasteiger charge is -2.46. The van der Waals surface area contributed by atoms with Crippen LogP contribution in [0.5, 0.6) is 0 Å². The van der Waals surface area contributed by atoms with Gasteiger partial charge in [0, 0.05) is 38.4 Å². The van der Waals surface area contributed by atoms with Crippen molar-refractivity contribution in [3.8, 4) is 0 Å². The summed E-state index contributed by atoms with van der Waals surface area (Å²) in [4.78, 5) is 2.65. The lowest BCUT2D eigenvalue weighted by Crippen LogP contribution is -2.63. The van der Waals surface area contributed by atoms with E-state index in [0.29, 0.717) is 11.6 Å². The highest BCUT2D eigenvalue weighted by atomic mass is 16.5. The first kappa shape index (κ1) is 14.9. The Balaban J connectivity index is 2.40. The van der Waals surface area contributed by atoms with Gasteiger partial charge in [0.1, 0.15) is 0 Å². The summed E-state index contributed by atoms with van der Waals surface area (Å²) in [6.45, 7) is 11.4. The van der Waals surface area contributed by atoms with Crippen LogP contribution in [0.25, 0.3) is 0 Å². The summed E-state index contributed by atoms with van der Waals surface area (Å²) in [6, 6.07) is 0.670. The summed E-state index contributed by atoms with van der Waals surface area (Å²) in [7, 11) is 1.78. The third kappa shape index (κ3) is 4.23. The Kier molecular flexibility index (Phi) is 6.45. The van der Waals surface area contributed by atoms with Crippen LogP contribution in [-0.4, -0.2) is 49.8 Å². The molecule has 1 rings (SSSR count). The molecule has 1 aliphatic rings. The van der Waals surface area contributed by atoms with E-state index < -0.39 is 0 Å². The minimum absolute atomic E-state index is 0.355. The SMILES string of the molecule is CCC1(CC)CN(CCCCOC)C(C)CN1. The Morgan fingerprint density at radius 1 is 1.29 bits per heavy atom. The van der Waals surface area contributed by atoms with Crippen LogP contribution in [0.3, 0.4) is 0 Å². The van der Waals surface area contributed by atoms with Crippen LogP contribution in [0, 0.1) is 0 Å². The first-order chi connectivity index (χ1) is 8.17. The Labute approximate surface area is 107 Å². The maximum atomic E-state index is 5.11. The van der Waals surface area contributed by atoms with Crippen molar-refractivity contribution in [3.63, 3.8) is 0 Å². The number of nitrogens with zero attached hydrogens (tertiary/aromatic N) is 1. The first-order valence-electron chi connectivity index (χ1n) is 7.15. The molecule has 1 N–H and O–H groups in total. The molecule has 0 radical (unpaired) electrons. The van der Waals surface area contributed by atoms with E-state index in [4.69, 9.17) is 4.74 Å². The molecule has 0 bridgehead atoms. The zero-order chi connectivity index (χ0) is 12.7. The van der Waals surface area contributed by atoms with E-state index in [0.717, 1.165) is 13.2 Å². The van der Waals surface area contributed by atoms with E-state index >= 15 is 0 Å². The molecule has 3 heteroatoms. The van der Waals surface area contributed by atoms with Crippen molar-refractivity contribution in [2.75, 3.05) is 33.4 Å². The fraction of sp³-hybridized carbons (Fsp3) is 1.00. The summed E-state index contributed by atoms with van der Waals surface area (Å²) in [5, 5.41) is 3.75. The molecule has 0 aromatic rings. The maximum Gasteiger partial charge on any atom is 0.0462 e. The van der Waals surface area contributed by atoms with Gasteiger partial charge in [-0.15, -0.1) is 0 Å². The molecule has 0 amide bonds. The summed E-state index contributed by atoms with van der Waals surface area (Å²) >= 11 is 0. The number of nitrogens with one attached hydrogen (secondary N) is 1. The largest absolute Gasteiger partial charge is 0.385 e. The van der Waals surface area contributed by atoms with Gasteiger partial charge in [-0.2, -0.15) is 0 Å². The van der Waals surface area contributed by atoms with Crippen LogP contribution >= 0.6 is 0 Å². The second kappa shape index (κ2) is 7.34. The van der Waals surface area contributed by atoms with Gasteiger partial charge in [-0.25, -0.2) is 0 Å². The van der Waals surface area contributed by atoms with Crippen LogP contribution in [0.2, 0.25) is 0 Å². The molecule has 1 unspecified atom stereocenters. The van der Waals surface area contributed by atoms with Crippen LogP contribution in [-0.2, 0) is 4.74 Å². The molecule has 1 heterocycles. The first-order valence-corrected chi connectivity index (χ1v) is 7.15. The van der Waals surface area contributed by atoms with Gasteiger partial charge in [0.15, 0.2) is 0 Å². The van der Waals surface area contributed by atoms with Crippen molar-refractivity contribution < 1.29 is 4.74 Å². The quantitative estimate of drug-likeness (QED) is 0.693. The highest BCUT2D eigenvalue weighted by molar-refractivity contribution is 4.95. The number of unbranched alkanes of at least 4 members (excludes halogenated alkanes) is 1. The molecule has 0 aromatic heterocycles. The van der Waals surface area contributed by atoms with E-state index in [1.165, 1.54) is 38.8 Å². The van der Waals surface area contributed by atoms with Gasteiger partial charge in [0.2, 0.25) is 0 Å². The van der Waals surface area contributed by atoms with Gasteiger partial charge < -0.3 is 10.1 Å². The number of piperazine rings is 1. The Hall–Kier alpha value is -0.120. The topological polar surface area (TPSA) is 24.5 Å². The highest BCUT2D eigenvalue weighted by Crippen LogP contribution is 2.22. The van der Waals surface area contributed by atoms with Gasteiger partial charge in [0.05, 0.1) is 0 Å². The van der Waals surface area contributed by atoms with Crippen molar-refractivity contribution in [2.45, 2.75) is 58.0 Å². The van der Waals surface area contributed by atoms with Crippen molar-refractivity contribution in [1.82, 2.24) is 10.2 Å². The lowest BCUT2D eigenvalue weighted by atomic mass is 9.88. The molecule has 3 nitrogen and oxygen atoms in total. The molecule has 102 valence electrons. The predicted molar refractivity (Wildman–Crippen MR) is 73.5 cm³/mol. The Bertz CT molecular complexity index is 204. The average Bonchev–Trinajstić information content (AvgIpc) is 2.37. The van der Waals surface area contributed by atoms with Gasteiger partial charge in [0.25, 0.3) is 0 Å². The maximum absolute atomic E-state index is 5.11. The second-order valence-corrected chi connectivity index (χ2v) is 5.39. The van der Waals surface area contributed by atoms with Crippen molar-refractivity contribution >= 4 is 0 Å². The fourth-order valence-corrected chi connectivity index (χ4v) is 2.68. The second-order valence-electron chi connectivity index (χ2n) is 5.39. The normalized spacial score (nSPS) is 25.1. The fourth-order valence-electron chi connectivity index (χ4n) is 2.68. The number of hydrogen-bond donors (Lipinski definition) is 1. The molecule has 0 aromatic carbocycles. The molecule has 17 heavy (non-hydrogen) atoms. The molecular weight excluding hydrogens is 212 g/mol. The minimum atomic E-state index is 0.355. The van der Waals surface area contributed by atoms with Crippen LogP contribution < -0.4 is 5.32 Å². The van der Waals surface area contributed by atoms with E-state index in [2.05, 4.69) is 31.0 Å². The molecule has 0 aliphatic carbocycles. The van der Waals surface area contributed by atoms with E-state index in [-0.39, 0.29) is 0 Å². The summed E-state index contributed by atoms with van der Waals surface area (Å²) < 4.78 is 5.11. The molecule has 1 fully saturated rings. The molecular formula is C14H30N2O. The Morgan fingerprint density at radius 3 is 2.59 bits per heavy atom. The lowest BCUT2D eigenvalue weighted by molar-refractivity contribution is 0.0768. The molecule has 0 spiro atoms. The Morgan fingerprint density at radius 2 is 2.00 bits per heavy atom. The van der Waals surface area contributed by atoms with Crippen molar-refractivity contribution in [3.05, 3.63) is 0 Å². The number of rotatable bonds is 7. The van der Waals surface area contributed by atoms with Crippen molar-refractivity contribution in [2.24, 2.45) is 0 Å². The molecule has 1 atom stereocenters. The molecule has 1 saturated heterocycles. The third-order valence-corrected chi connectivity index (χ3v) is 4.30. The smallest absolute Gasteiger partial charge is 0.0462 e. The van der Waals surface area contributed by atoms with E-state index in [1.54, 1.807) is 7.11 Å². The number of ether oxygens (including phenoxy) is 1. The van der Waals surface area contributed by atoms with Gasteiger partial charge in [-0.3, -0.25) is 4.90 Å². The van der Waals surface area contributed by atoms with Crippen LogP contribution in [0.4, 0.5) is 0 Å².